The molecule has 12 heteroatoms. The van der Waals surface area contributed by atoms with Gasteiger partial charge in [-0.25, -0.2) is 4.79 Å². The van der Waals surface area contributed by atoms with Crippen LogP contribution >= 0.6 is 24.8 Å². The fourth-order valence-electron chi connectivity index (χ4n) is 4.20. The Bertz CT molecular complexity index is 596. The molecule has 0 rings (SSSR count). The number of nitrogens with one attached hydrogen (secondary N) is 1. The van der Waals surface area contributed by atoms with Gasteiger partial charge in [0.25, 0.3) is 0 Å². The number of unbranched alkanes of at least 4 members (excludes halogenated alkanes) is 14. The maximum atomic E-state index is 11.9. The molecule has 9 nitrogen and oxygen atoms in total. The quantitative estimate of drug-likeness (QED) is 0.0454. The van der Waals surface area contributed by atoms with Gasteiger partial charge in [0.1, 0.15) is 12.1 Å². The summed E-state index contributed by atoms with van der Waals surface area (Å²) in [6.07, 6.45) is 21.4. The second-order valence-electron chi connectivity index (χ2n) is 10.4. The molecule has 8 N–H and O–H groups in total. The van der Waals surface area contributed by atoms with Gasteiger partial charge >= 0.3 is 11.9 Å². The number of nitrogens with two attached hydrogens (primary N) is 3. The molecule has 1 radical (unpaired) electrons. The van der Waals surface area contributed by atoms with Crippen molar-refractivity contribution in [1.82, 2.24) is 5.32 Å². The van der Waals surface area contributed by atoms with Crippen molar-refractivity contribution in [1.29, 1.82) is 0 Å². The Hall–Kier alpha value is -0.130. The Labute approximate surface area is 291 Å². The molecule has 0 aliphatic carbocycles. The molecule has 0 aliphatic rings. The van der Waals surface area contributed by atoms with Gasteiger partial charge in [0.2, 0.25) is 5.91 Å². The number of hydrogen-bond acceptors (Lipinski definition) is 7. The molecule has 0 saturated carbocycles. The first kappa shape index (κ1) is 51.4. The minimum absolute atomic E-state index is 0. The van der Waals surface area contributed by atoms with Crippen molar-refractivity contribution in [3.63, 3.8) is 0 Å². The monoisotopic (exact) mass is 653 g/mol. The average molecular weight is 655 g/mol. The van der Waals surface area contributed by atoms with Crippen molar-refractivity contribution in [3.05, 3.63) is 0 Å². The normalized spacial score (nSPS) is 11.4. The molecule has 0 unspecified atom stereocenters. The number of carbonyl (C=O) groups is 3. The van der Waals surface area contributed by atoms with Crippen molar-refractivity contribution in [2.75, 3.05) is 19.7 Å². The fraction of sp³-hybridized carbons (Fsp3) is 0.900. The van der Waals surface area contributed by atoms with Crippen LogP contribution in [0.3, 0.4) is 0 Å². The summed E-state index contributed by atoms with van der Waals surface area (Å²) < 4.78 is 4.74. The number of hydrogen-bond donors (Lipinski definition) is 5. The van der Waals surface area contributed by atoms with E-state index < -0.39 is 18.1 Å². The maximum Gasteiger partial charge on any atom is 0.326 e. The van der Waals surface area contributed by atoms with Crippen LogP contribution in [0.15, 0.2) is 0 Å². The molecule has 0 spiro atoms. The molecular weight excluding hydrogens is 590 g/mol. The minimum Gasteiger partial charge on any atom is -0.480 e. The first-order chi connectivity index (χ1) is 18.8. The minimum atomic E-state index is -0.953. The van der Waals surface area contributed by atoms with E-state index in [1.807, 2.05) is 0 Å². The van der Waals surface area contributed by atoms with Crippen LogP contribution in [0.4, 0.5) is 0 Å². The van der Waals surface area contributed by atoms with Crippen LogP contribution in [-0.2, 0) is 19.1 Å². The Balaban J connectivity index is -0.000000259. The topological polar surface area (TPSA) is 171 Å². The second kappa shape index (κ2) is 40.9. The molecule has 2 atom stereocenters. The molecule has 0 saturated heterocycles. The van der Waals surface area contributed by atoms with Crippen molar-refractivity contribution in [2.45, 2.75) is 154 Å². The summed E-state index contributed by atoms with van der Waals surface area (Å²) in [5.41, 5.74) is 16.2. The van der Waals surface area contributed by atoms with E-state index in [9.17, 15) is 14.4 Å². The summed E-state index contributed by atoms with van der Waals surface area (Å²) in [7, 11) is 0. The Morgan fingerprint density at radius 2 is 1.12 bits per heavy atom. The van der Waals surface area contributed by atoms with Crippen molar-refractivity contribution in [3.8, 4) is 0 Å². The van der Waals surface area contributed by atoms with Gasteiger partial charge in [-0.2, -0.15) is 0 Å². The first-order valence-corrected chi connectivity index (χ1v) is 15.7. The molecule has 0 aromatic carbocycles. The molecule has 0 heterocycles. The van der Waals surface area contributed by atoms with E-state index in [1.54, 1.807) is 6.92 Å². The number of carbonyl (C=O) groups excluding carboxylic acids is 2. The molecule has 249 valence electrons. The molecule has 1 amide bonds. The van der Waals surface area contributed by atoms with Crippen LogP contribution in [0.1, 0.15) is 142 Å². The zero-order chi connectivity index (χ0) is 29.6. The van der Waals surface area contributed by atoms with Gasteiger partial charge in [0.15, 0.2) is 0 Å². The Morgan fingerprint density at radius 3 is 1.52 bits per heavy atom. The second-order valence-corrected chi connectivity index (χ2v) is 10.4. The van der Waals surface area contributed by atoms with Gasteiger partial charge in [-0.1, -0.05) is 90.4 Å². The van der Waals surface area contributed by atoms with Crippen LogP contribution in [0.5, 0.6) is 0 Å². The number of carboxylic acid groups (broad SMARTS) is 1. The SMILES string of the molecule is CCCCCCCCCCCCCCCC(=O)N[C@@H](CCCCN)C(=O)O.CCOC(=O)[C@@H](N)CCCCN.Cl.Cl.[Na]. The number of rotatable bonds is 26. The van der Waals surface area contributed by atoms with Gasteiger partial charge in [-0.05, 0) is 58.5 Å². The summed E-state index contributed by atoms with van der Waals surface area (Å²) in [6, 6.07) is -1.25. The standard InChI is InChI=1S/C22H44N2O3.C8H18N2O2.2ClH.Na/c1-2-3-4-5-6-7-8-9-10-11-12-13-14-18-21(25)24-20(22(26)27)17-15-16-19-23;1-2-12-8(11)7(10)5-3-4-6-9;;;/h20H,2-19,23H2,1H3,(H,24,25)(H,26,27);7H,2-6,9-10H2,1H3;2*1H;/t20-;7-;;;/m00.../s1. The number of ether oxygens (including phenoxy) is 1. The van der Waals surface area contributed by atoms with Crippen molar-refractivity contribution in [2.24, 2.45) is 17.2 Å². The smallest absolute Gasteiger partial charge is 0.326 e. The molecule has 0 aromatic heterocycles. The summed E-state index contributed by atoms with van der Waals surface area (Å²) in [5, 5.41) is 11.8. The largest absolute Gasteiger partial charge is 0.480 e. The number of carboxylic acids is 1. The van der Waals surface area contributed by atoms with Gasteiger partial charge in [-0.3, -0.25) is 9.59 Å². The van der Waals surface area contributed by atoms with Gasteiger partial charge < -0.3 is 32.4 Å². The van der Waals surface area contributed by atoms with E-state index in [-0.39, 0.29) is 66.2 Å². The Morgan fingerprint density at radius 1 is 0.690 bits per heavy atom. The summed E-state index contributed by atoms with van der Waals surface area (Å²) in [5.74, 6) is -1.40. The van der Waals surface area contributed by atoms with E-state index in [2.05, 4.69) is 12.2 Å². The van der Waals surface area contributed by atoms with E-state index in [0.29, 0.717) is 39.0 Å². The van der Waals surface area contributed by atoms with Crippen LogP contribution < -0.4 is 22.5 Å². The zero-order valence-corrected chi connectivity index (χ0v) is 30.7. The number of amides is 1. The van der Waals surface area contributed by atoms with Gasteiger partial charge in [-0.15, -0.1) is 24.8 Å². The number of esters is 1. The van der Waals surface area contributed by atoms with Crippen LogP contribution in [-0.4, -0.2) is 84.3 Å². The third-order valence-corrected chi connectivity index (χ3v) is 6.65. The van der Waals surface area contributed by atoms with E-state index >= 15 is 0 Å². The van der Waals surface area contributed by atoms with Crippen LogP contribution in [0.2, 0.25) is 0 Å². The van der Waals surface area contributed by atoms with Crippen LogP contribution in [0, 0.1) is 0 Å². The van der Waals surface area contributed by atoms with Crippen molar-refractivity contribution >= 4 is 72.2 Å². The predicted molar refractivity (Wildman–Crippen MR) is 181 cm³/mol. The molecular formula is C30H64Cl2N4NaO5. The number of halogens is 2. The fourth-order valence-corrected chi connectivity index (χ4v) is 4.20. The van der Waals surface area contributed by atoms with Crippen molar-refractivity contribution < 1.29 is 24.2 Å². The van der Waals surface area contributed by atoms with E-state index in [0.717, 1.165) is 38.5 Å². The first-order valence-electron chi connectivity index (χ1n) is 15.7. The molecule has 0 aromatic rings. The third-order valence-electron chi connectivity index (χ3n) is 6.65. The van der Waals surface area contributed by atoms with Gasteiger partial charge in [0.05, 0.1) is 6.61 Å². The average Bonchev–Trinajstić information content (AvgIpc) is 2.91. The van der Waals surface area contributed by atoms with Crippen LogP contribution in [0.25, 0.3) is 0 Å². The summed E-state index contributed by atoms with van der Waals surface area (Å²) >= 11 is 0. The molecule has 42 heavy (non-hydrogen) atoms. The Kier molecular flexibility index (Phi) is 50.1. The molecule has 0 aliphatic heterocycles. The molecule has 0 bridgehead atoms. The third kappa shape index (κ3) is 37.9. The number of aliphatic carboxylic acids is 1. The predicted octanol–water partition coefficient (Wildman–Crippen LogP) is 5.63. The van der Waals surface area contributed by atoms with E-state index in [1.165, 1.54) is 70.6 Å². The summed E-state index contributed by atoms with van der Waals surface area (Å²) in [6.45, 7) is 5.62. The van der Waals surface area contributed by atoms with Gasteiger partial charge in [0, 0.05) is 36.0 Å². The zero-order valence-electron chi connectivity index (χ0n) is 27.0. The molecule has 0 fully saturated rings. The van der Waals surface area contributed by atoms with E-state index in [4.69, 9.17) is 27.0 Å². The maximum absolute atomic E-state index is 11.9. The summed E-state index contributed by atoms with van der Waals surface area (Å²) in [4.78, 5) is 34.0.